The van der Waals surface area contributed by atoms with Gasteiger partial charge in [0, 0.05) is 6.54 Å². The molecule has 1 unspecified atom stereocenters. The number of carboxylic acids is 1. The van der Waals surface area contributed by atoms with E-state index >= 15 is 0 Å². The highest BCUT2D eigenvalue weighted by molar-refractivity contribution is 5.84. The average Bonchev–Trinajstić information content (AvgIpc) is 3.07. The molecule has 2 fully saturated rings. The van der Waals surface area contributed by atoms with Crippen LogP contribution in [-0.2, 0) is 10.2 Å². The Bertz CT molecular complexity index is 479. The molecule has 1 N–H and O–H groups in total. The van der Waals surface area contributed by atoms with Crippen molar-refractivity contribution in [2.45, 2.75) is 30.6 Å². The van der Waals surface area contributed by atoms with Gasteiger partial charge in [0.15, 0.2) is 0 Å². The smallest absolute Gasteiger partial charge is 0.314 e. The normalized spacial score (nSPS) is 26.2. The third kappa shape index (κ3) is 1.83. The standard InChI is InChI=1S/C15H19NO2/c1-16-8-5-12(10-16)11-3-2-4-13(9-11)15(6-7-15)14(17)18/h2-4,9,12H,5-8,10H2,1H3,(H,17,18). The predicted molar refractivity (Wildman–Crippen MR) is 69.8 cm³/mol. The van der Waals surface area contributed by atoms with Crippen LogP contribution in [0.1, 0.15) is 36.3 Å². The third-order valence-corrected chi connectivity index (χ3v) is 4.46. The van der Waals surface area contributed by atoms with Crippen molar-refractivity contribution in [1.29, 1.82) is 0 Å². The van der Waals surface area contributed by atoms with Gasteiger partial charge in [-0.05, 0) is 49.9 Å². The van der Waals surface area contributed by atoms with Gasteiger partial charge < -0.3 is 10.0 Å². The molecular formula is C15H19NO2. The fraction of sp³-hybridized carbons (Fsp3) is 0.533. The van der Waals surface area contributed by atoms with Crippen LogP contribution in [0.4, 0.5) is 0 Å². The zero-order valence-corrected chi connectivity index (χ0v) is 10.7. The Kier molecular flexibility index (Phi) is 2.67. The molecule has 0 bridgehead atoms. The van der Waals surface area contributed by atoms with Crippen molar-refractivity contribution < 1.29 is 9.90 Å². The number of likely N-dealkylation sites (tertiary alicyclic amines) is 1. The highest BCUT2D eigenvalue weighted by atomic mass is 16.4. The number of likely N-dealkylation sites (N-methyl/N-ethyl adjacent to an activating group) is 1. The molecule has 1 saturated carbocycles. The maximum atomic E-state index is 11.4. The van der Waals surface area contributed by atoms with Crippen molar-refractivity contribution in [1.82, 2.24) is 4.90 Å². The predicted octanol–water partition coefficient (Wildman–Crippen LogP) is 2.22. The minimum atomic E-state index is -0.664. The van der Waals surface area contributed by atoms with Crippen LogP contribution in [0, 0.1) is 0 Å². The van der Waals surface area contributed by atoms with E-state index in [4.69, 9.17) is 0 Å². The van der Waals surface area contributed by atoms with E-state index in [9.17, 15) is 9.90 Å². The van der Waals surface area contributed by atoms with Gasteiger partial charge in [-0.1, -0.05) is 24.3 Å². The maximum Gasteiger partial charge on any atom is 0.314 e. The molecule has 18 heavy (non-hydrogen) atoms. The largest absolute Gasteiger partial charge is 0.481 e. The Hall–Kier alpha value is -1.35. The summed E-state index contributed by atoms with van der Waals surface area (Å²) in [5, 5.41) is 9.35. The first-order valence-corrected chi connectivity index (χ1v) is 6.64. The zero-order chi connectivity index (χ0) is 12.8. The van der Waals surface area contributed by atoms with Crippen LogP contribution < -0.4 is 0 Å². The molecule has 0 spiro atoms. The number of hydrogen-bond acceptors (Lipinski definition) is 2. The number of benzene rings is 1. The molecule has 0 radical (unpaired) electrons. The van der Waals surface area contributed by atoms with Gasteiger partial charge in [0.2, 0.25) is 0 Å². The lowest BCUT2D eigenvalue weighted by molar-refractivity contribution is -0.140. The van der Waals surface area contributed by atoms with Crippen molar-refractivity contribution in [3.05, 3.63) is 35.4 Å². The van der Waals surface area contributed by atoms with E-state index in [0.29, 0.717) is 5.92 Å². The summed E-state index contributed by atoms with van der Waals surface area (Å²) in [6.07, 6.45) is 2.76. The van der Waals surface area contributed by atoms with E-state index in [-0.39, 0.29) is 0 Å². The van der Waals surface area contributed by atoms with Crippen molar-refractivity contribution in [3.63, 3.8) is 0 Å². The molecule has 3 rings (SSSR count). The SMILES string of the molecule is CN1CCC(c2cccc(C3(C(=O)O)CC3)c2)C1. The second kappa shape index (κ2) is 4.09. The molecule has 96 valence electrons. The van der Waals surface area contributed by atoms with Crippen LogP contribution in [0.5, 0.6) is 0 Å². The van der Waals surface area contributed by atoms with Crippen molar-refractivity contribution in [3.8, 4) is 0 Å². The van der Waals surface area contributed by atoms with Gasteiger partial charge in [0.25, 0.3) is 0 Å². The first-order chi connectivity index (χ1) is 8.62. The lowest BCUT2D eigenvalue weighted by Gasteiger charge is -2.15. The number of hydrogen-bond donors (Lipinski definition) is 1. The maximum absolute atomic E-state index is 11.4. The van der Waals surface area contributed by atoms with Crippen LogP contribution in [0.25, 0.3) is 0 Å². The first kappa shape index (κ1) is 11.7. The fourth-order valence-corrected chi connectivity index (χ4v) is 3.05. The summed E-state index contributed by atoms with van der Waals surface area (Å²) in [7, 11) is 2.14. The topological polar surface area (TPSA) is 40.5 Å². The molecule has 1 atom stereocenters. The van der Waals surface area contributed by atoms with E-state index in [1.54, 1.807) is 0 Å². The third-order valence-electron chi connectivity index (χ3n) is 4.46. The van der Waals surface area contributed by atoms with Crippen LogP contribution in [-0.4, -0.2) is 36.1 Å². The number of rotatable bonds is 3. The fourth-order valence-electron chi connectivity index (χ4n) is 3.05. The summed E-state index contributed by atoms with van der Waals surface area (Å²) in [4.78, 5) is 13.7. The number of nitrogens with zero attached hydrogens (tertiary/aromatic N) is 1. The Morgan fingerprint density at radius 2 is 2.22 bits per heavy atom. The van der Waals surface area contributed by atoms with E-state index in [2.05, 4.69) is 24.1 Å². The van der Waals surface area contributed by atoms with E-state index < -0.39 is 11.4 Å². The summed E-state index contributed by atoms with van der Waals surface area (Å²) in [5.74, 6) is -0.0947. The van der Waals surface area contributed by atoms with E-state index in [1.165, 1.54) is 12.0 Å². The summed E-state index contributed by atoms with van der Waals surface area (Å²) in [6, 6.07) is 8.27. The lowest BCUT2D eigenvalue weighted by Crippen LogP contribution is -2.20. The molecule has 0 amide bonds. The second-order valence-electron chi connectivity index (χ2n) is 5.76. The second-order valence-corrected chi connectivity index (χ2v) is 5.76. The number of carbonyl (C=O) groups is 1. The van der Waals surface area contributed by atoms with E-state index in [0.717, 1.165) is 31.5 Å². The molecular weight excluding hydrogens is 226 g/mol. The molecule has 3 heteroatoms. The summed E-state index contributed by atoms with van der Waals surface area (Å²) >= 11 is 0. The number of aliphatic carboxylic acids is 1. The minimum Gasteiger partial charge on any atom is -0.481 e. The zero-order valence-electron chi connectivity index (χ0n) is 10.7. The van der Waals surface area contributed by atoms with E-state index in [1.807, 2.05) is 12.1 Å². The molecule has 3 nitrogen and oxygen atoms in total. The summed E-state index contributed by atoms with van der Waals surface area (Å²) in [6.45, 7) is 2.22. The molecule has 1 aromatic carbocycles. The first-order valence-electron chi connectivity index (χ1n) is 6.64. The molecule has 1 aliphatic heterocycles. The van der Waals surface area contributed by atoms with Crippen LogP contribution in [0.3, 0.4) is 0 Å². The summed E-state index contributed by atoms with van der Waals surface area (Å²) in [5.41, 5.74) is 1.74. The summed E-state index contributed by atoms with van der Waals surface area (Å²) < 4.78 is 0. The highest BCUT2D eigenvalue weighted by Gasteiger charge is 2.51. The van der Waals surface area contributed by atoms with Crippen molar-refractivity contribution in [2.24, 2.45) is 0 Å². The highest BCUT2D eigenvalue weighted by Crippen LogP contribution is 2.49. The van der Waals surface area contributed by atoms with Gasteiger partial charge >= 0.3 is 5.97 Å². The average molecular weight is 245 g/mol. The lowest BCUT2D eigenvalue weighted by atomic mass is 9.90. The molecule has 1 aliphatic carbocycles. The van der Waals surface area contributed by atoms with Crippen molar-refractivity contribution in [2.75, 3.05) is 20.1 Å². The molecule has 2 aliphatic rings. The monoisotopic (exact) mass is 245 g/mol. The van der Waals surface area contributed by atoms with Gasteiger partial charge in [-0.3, -0.25) is 4.79 Å². The van der Waals surface area contributed by atoms with Crippen LogP contribution in [0.2, 0.25) is 0 Å². The molecule has 0 aromatic heterocycles. The minimum absolute atomic E-state index is 0.569. The molecule has 1 saturated heterocycles. The van der Waals surface area contributed by atoms with Gasteiger partial charge in [0.1, 0.15) is 0 Å². The van der Waals surface area contributed by atoms with Crippen LogP contribution >= 0.6 is 0 Å². The van der Waals surface area contributed by atoms with Gasteiger partial charge in [-0.2, -0.15) is 0 Å². The molecule has 1 aromatic rings. The van der Waals surface area contributed by atoms with Gasteiger partial charge in [-0.25, -0.2) is 0 Å². The molecule has 1 heterocycles. The number of carboxylic acid groups (broad SMARTS) is 1. The Balaban J connectivity index is 1.88. The Morgan fingerprint density at radius 3 is 2.78 bits per heavy atom. The Morgan fingerprint density at radius 1 is 1.44 bits per heavy atom. The van der Waals surface area contributed by atoms with Crippen LogP contribution in [0.15, 0.2) is 24.3 Å². The Labute approximate surface area is 107 Å². The van der Waals surface area contributed by atoms with Gasteiger partial charge in [0.05, 0.1) is 5.41 Å². The van der Waals surface area contributed by atoms with Gasteiger partial charge in [-0.15, -0.1) is 0 Å². The quantitative estimate of drug-likeness (QED) is 0.887. The van der Waals surface area contributed by atoms with Crippen molar-refractivity contribution >= 4 is 5.97 Å².